The van der Waals surface area contributed by atoms with Crippen LogP contribution in [-0.2, 0) is 6.42 Å². The second-order valence-electron chi connectivity index (χ2n) is 6.94. The number of amides is 1. The number of carbonyl (C=O) groups excluding carboxylic acids is 1. The third-order valence-corrected chi connectivity index (χ3v) is 5.39. The molecule has 5 nitrogen and oxygen atoms in total. The van der Waals surface area contributed by atoms with Crippen LogP contribution in [0.3, 0.4) is 0 Å². The number of benzene rings is 3. The van der Waals surface area contributed by atoms with Crippen LogP contribution in [-0.4, -0.2) is 22.0 Å². The summed E-state index contributed by atoms with van der Waals surface area (Å²) in [6, 6.07) is 17.7. The maximum Gasteiger partial charge on any atom is 0.266 e. The monoisotopic (exact) mass is 453 g/mol. The summed E-state index contributed by atoms with van der Waals surface area (Å²) in [5.74, 6) is -0.655. The van der Waals surface area contributed by atoms with Crippen LogP contribution >= 0.6 is 23.8 Å². The quantitative estimate of drug-likeness (QED) is 0.426. The van der Waals surface area contributed by atoms with E-state index in [4.69, 9.17) is 23.8 Å². The maximum absolute atomic E-state index is 13.2. The third kappa shape index (κ3) is 4.57. The van der Waals surface area contributed by atoms with E-state index in [1.54, 1.807) is 18.2 Å². The molecule has 0 aliphatic rings. The normalized spacial score (nSPS) is 10.9. The van der Waals surface area contributed by atoms with Crippen molar-refractivity contribution in [3.63, 3.8) is 0 Å². The summed E-state index contributed by atoms with van der Waals surface area (Å²) < 4.78 is 14.7. The summed E-state index contributed by atoms with van der Waals surface area (Å²) in [7, 11) is 0. The SMILES string of the molecule is O=C(NCCc1ccc(Cl)cc1)c1ccc2c(=O)n(-c3ccc(F)cc3)c(=S)[nH]c2c1. The number of aromatic amines is 1. The number of aromatic nitrogens is 2. The van der Waals surface area contributed by atoms with Crippen molar-refractivity contribution in [1.82, 2.24) is 14.9 Å². The number of halogens is 2. The van der Waals surface area contributed by atoms with Gasteiger partial charge in [0.15, 0.2) is 4.77 Å². The number of rotatable bonds is 5. The number of nitrogens with one attached hydrogen (secondary N) is 2. The van der Waals surface area contributed by atoms with E-state index in [0.29, 0.717) is 40.1 Å². The van der Waals surface area contributed by atoms with E-state index < -0.39 is 5.82 Å². The van der Waals surface area contributed by atoms with Crippen LogP contribution < -0.4 is 10.9 Å². The Hall–Kier alpha value is -3.29. The molecule has 0 spiro atoms. The van der Waals surface area contributed by atoms with Crippen LogP contribution in [0.5, 0.6) is 0 Å². The van der Waals surface area contributed by atoms with Crippen molar-refractivity contribution in [3.05, 3.63) is 104 Å². The zero-order chi connectivity index (χ0) is 22.0. The molecular formula is C23H17ClFN3O2S. The summed E-state index contributed by atoms with van der Waals surface area (Å²) in [6.45, 7) is 0.459. The summed E-state index contributed by atoms with van der Waals surface area (Å²) in [4.78, 5) is 28.5. The van der Waals surface area contributed by atoms with Crippen LogP contribution in [0.4, 0.5) is 4.39 Å². The molecule has 0 saturated heterocycles. The molecule has 0 bridgehead atoms. The van der Waals surface area contributed by atoms with E-state index in [2.05, 4.69) is 10.3 Å². The third-order valence-electron chi connectivity index (χ3n) is 4.86. The fourth-order valence-corrected chi connectivity index (χ4v) is 3.68. The largest absolute Gasteiger partial charge is 0.352 e. The molecule has 0 saturated carbocycles. The smallest absolute Gasteiger partial charge is 0.266 e. The van der Waals surface area contributed by atoms with E-state index in [0.717, 1.165) is 5.56 Å². The highest BCUT2D eigenvalue weighted by Crippen LogP contribution is 2.14. The van der Waals surface area contributed by atoms with Gasteiger partial charge in [-0.3, -0.25) is 14.2 Å². The van der Waals surface area contributed by atoms with Gasteiger partial charge in [-0.15, -0.1) is 0 Å². The number of hydrogen-bond donors (Lipinski definition) is 2. The van der Waals surface area contributed by atoms with Crippen molar-refractivity contribution < 1.29 is 9.18 Å². The second kappa shape index (κ2) is 8.83. The van der Waals surface area contributed by atoms with Crippen molar-refractivity contribution >= 4 is 40.6 Å². The molecule has 0 fully saturated rings. The van der Waals surface area contributed by atoms with Gasteiger partial charge >= 0.3 is 0 Å². The Morgan fingerprint density at radius 1 is 1.06 bits per heavy atom. The second-order valence-corrected chi connectivity index (χ2v) is 7.76. The van der Waals surface area contributed by atoms with Crippen molar-refractivity contribution in [2.24, 2.45) is 0 Å². The first-order valence-electron chi connectivity index (χ1n) is 9.50. The highest BCUT2D eigenvalue weighted by atomic mass is 35.5. The fraction of sp³-hybridized carbons (Fsp3) is 0.0870. The zero-order valence-electron chi connectivity index (χ0n) is 16.2. The number of fused-ring (bicyclic) bond motifs is 1. The average molecular weight is 454 g/mol. The van der Waals surface area contributed by atoms with Gasteiger partial charge in [-0.2, -0.15) is 0 Å². The minimum Gasteiger partial charge on any atom is -0.352 e. The predicted molar refractivity (Wildman–Crippen MR) is 122 cm³/mol. The van der Waals surface area contributed by atoms with Gasteiger partial charge in [0.2, 0.25) is 0 Å². The van der Waals surface area contributed by atoms with E-state index in [1.807, 2.05) is 24.3 Å². The molecule has 2 N–H and O–H groups in total. The lowest BCUT2D eigenvalue weighted by molar-refractivity contribution is 0.0954. The molecule has 0 aliphatic carbocycles. The Labute approximate surface area is 187 Å². The van der Waals surface area contributed by atoms with Crippen molar-refractivity contribution in [2.75, 3.05) is 6.54 Å². The first kappa shape index (κ1) is 21.0. The molecule has 31 heavy (non-hydrogen) atoms. The predicted octanol–water partition coefficient (Wildman–Crippen LogP) is 4.81. The molecule has 8 heteroatoms. The van der Waals surface area contributed by atoms with Crippen LogP contribution in [0, 0.1) is 10.6 Å². The minimum absolute atomic E-state index is 0.157. The first-order valence-corrected chi connectivity index (χ1v) is 10.3. The molecule has 3 aromatic carbocycles. The summed E-state index contributed by atoms with van der Waals surface area (Å²) in [5, 5.41) is 3.91. The van der Waals surface area contributed by atoms with Gasteiger partial charge in [-0.25, -0.2) is 4.39 Å². The first-order chi connectivity index (χ1) is 14.9. The minimum atomic E-state index is -0.404. The van der Waals surface area contributed by atoms with E-state index in [9.17, 15) is 14.0 Å². The van der Waals surface area contributed by atoms with E-state index in [-0.39, 0.29) is 16.2 Å². The fourth-order valence-electron chi connectivity index (χ4n) is 3.26. The Kier molecular flexibility index (Phi) is 5.97. The highest BCUT2D eigenvalue weighted by molar-refractivity contribution is 7.71. The molecule has 1 aromatic heterocycles. The molecule has 1 amide bonds. The Morgan fingerprint density at radius 2 is 1.77 bits per heavy atom. The molecule has 0 unspecified atom stereocenters. The van der Waals surface area contributed by atoms with Gasteiger partial charge in [0.25, 0.3) is 11.5 Å². The molecule has 4 rings (SSSR count). The Balaban J connectivity index is 1.56. The molecule has 0 aliphatic heterocycles. The maximum atomic E-state index is 13.2. The van der Waals surface area contributed by atoms with Gasteiger partial charge in [0.05, 0.1) is 16.6 Å². The lowest BCUT2D eigenvalue weighted by Crippen LogP contribution is -2.26. The molecule has 156 valence electrons. The van der Waals surface area contributed by atoms with Gasteiger partial charge < -0.3 is 10.3 Å². The van der Waals surface area contributed by atoms with Gasteiger partial charge in [-0.1, -0.05) is 23.7 Å². The summed E-state index contributed by atoms with van der Waals surface area (Å²) in [5.41, 5.74) is 2.04. The van der Waals surface area contributed by atoms with Gasteiger partial charge in [0, 0.05) is 17.1 Å². The molecular weight excluding hydrogens is 437 g/mol. The number of H-pyrrole nitrogens is 1. The topological polar surface area (TPSA) is 66.9 Å². The molecule has 4 aromatic rings. The van der Waals surface area contributed by atoms with Crippen molar-refractivity contribution in [3.8, 4) is 5.69 Å². The van der Waals surface area contributed by atoms with Gasteiger partial charge in [0.1, 0.15) is 5.82 Å². The Morgan fingerprint density at radius 3 is 2.48 bits per heavy atom. The Bertz CT molecular complexity index is 1380. The van der Waals surface area contributed by atoms with E-state index in [1.165, 1.54) is 28.8 Å². The van der Waals surface area contributed by atoms with Crippen LogP contribution in [0.2, 0.25) is 5.02 Å². The number of hydrogen-bond acceptors (Lipinski definition) is 3. The lowest BCUT2D eigenvalue weighted by atomic mass is 10.1. The highest BCUT2D eigenvalue weighted by Gasteiger charge is 2.11. The lowest BCUT2D eigenvalue weighted by Gasteiger charge is -2.10. The van der Waals surface area contributed by atoms with E-state index >= 15 is 0 Å². The average Bonchev–Trinajstić information content (AvgIpc) is 2.76. The van der Waals surface area contributed by atoms with Gasteiger partial charge in [-0.05, 0) is 78.8 Å². The summed E-state index contributed by atoms with van der Waals surface area (Å²) in [6.07, 6.45) is 0.668. The standard InChI is InChI=1S/C23H17ClFN3O2S/c24-16-4-1-14(2-5-16)11-12-26-21(29)15-3-10-19-20(13-15)27-23(31)28(22(19)30)18-8-6-17(25)7-9-18/h1-10,13H,11-12H2,(H,26,29)(H,27,31). The van der Waals surface area contributed by atoms with Crippen molar-refractivity contribution in [2.45, 2.75) is 6.42 Å². The van der Waals surface area contributed by atoms with Crippen molar-refractivity contribution in [1.29, 1.82) is 0 Å². The van der Waals surface area contributed by atoms with Crippen LogP contribution in [0.25, 0.3) is 16.6 Å². The number of nitrogens with zero attached hydrogens (tertiary/aromatic N) is 1. The molecule has 0 atom stereocenters. The molecule has 1 heterocycles. The number of carbonyl (C=O) groups is 1. The van der Waals surface area contributed by atoms with Crippen LogP contribution in [0.15, 0.2) is 71.5 Å². The molecule has 0 radical (unpaired) electrons. The zero-order valence-corrected chi connectivity index (χ0v) is 17.8. The van der Waals surface area contributed by atoms with Crippen LogP contribution in [0.1, 0.15) is 15.9 Å². The summed E-state index contributed by atoms with van der Waals surface area (Å²) >= 11 is 11.2.